The zero-order chi connectivity index (χ0) is 25.3. The van der Waals surface area contributed by atoms with Gasteiger partial charge in [-0.3, -0.25) is 4.90 Å². The Labute approximate surface area is 212 Å². The van der Waals surface area contributed by atoms with E-state index in [1.54, 1.807) is 16.8 Å². The molecule has 36 heavy (non-hydrogen) atoms. The van der Waals surface area contributed by atoms with Gasteiger partial charge in [0.25, 0.3) is 0 Å². The zero-order valence-electron chi connectivity index (χ0n) is 21.1. The number of aliphatic hydroxyl groups is 1. The van der Waals surface area contributed by atoms with Crippen LogP contribution in [0.4, 0.5) is 4.39 Å². The number of benzene rings is 2. The van der Waals surface area contributed by atoms with Crippen molar-refractivity contribution in [3.8, 4) is 17.3 Å². The number of aromatic nitrogens is 2. The van der Waals surface area contributed by atoms with Crippen molar-refractivity contribution in [2.75, 3.05) is 32.9 Å². The maximum Gasteiger partial charge on any atom is 0.227 e. The summed E-state index contributed by atoms with van der Waals surface area (Å²) < 4.78 is 33.1. The summed E-state index contributed by atoms with van der Waals surface area (Å²) in [7, 11) is 0. The summed E-state index contributed by atoms with van der Waals surface area (Å²) in [6, 6.07) is 15.8. The quantitative estimate of drug-likeness (QED) is 0.368. The van der Waals surface area contributed by atoms with Crippen molar-refractivity contribution in [2.24, 2.45) is 0 Å². The van der Waals surface area contributed by atoms with Crippen LogP contribution >= 0.6 is 0 Å². The summed E-state index contributed by atoms with van der Waals surface area (Å²) in [6.45, 7) is 7.25. The fourth-order valence-corrected chi connectivity index (χ4v) is 4.49. The van der Waals surface area contributed by atoms with E-state index in [0.29, 0.717) is 44.3 Å². The molecule has 1 aliphatic heterocycles. The van der Waals surface area contributed by atoms with Crippen LogP contribution in [-0.4, -0.2) is 64.9 Å². The highest BCUT2D eigenvalue weighted by atomic mass is 19.1. The van der Waals surface area contributed by atoms with E-state index in [1.807, 2.05) is 37.3 Å². The molecule has 1 N–H and O–H groups in total. The Bertz CT molecular complexity index is 1070. The molecule has 0 spiro atoms. The van der Waals surface area contributed by atoms with Gasteiger partial charge >= 0.3 is 0 Å². The fourth-order valence-electron chi connectivity index (χ4n) is 4.49. The average molecular weight is 498 g/mol. The van der Waals surface area contributed by atoms with Crippen LogP contribution in [0.25, 0.3) is 5.69 Å². The second kappa shape index (κ2) is 13.0. The Morgan fingerprint density at radius 3 is 2.61 bits per heavy atom. The Kier molecular flexibility index (Phi) is 9.47. The maximum atomic E-state index is 13.6. The van der Waals surface area contributed by atoms with Crippen molar-refractivity contribution >= 4 is 0 Å². The Hall–Kier alpha value is -2.78. The lowest BCUT2D eigenvalue weighted by molar-refractivity contribution is 0.00496. The summed E-state index contributed by atoms with van der Waals surface area (Å²) >= 11 is 0. The van der Waals surface area contributed by atoms with Gasteiger partial charge in [0.15, 0.2) is 0 Å². The van der Waals surface area contributed by atoms with Crippen LogP contribution in [0, 0.1) is 5.82 Å². The highest BCUT2D eigenvalue weighted by molar-refractivity contribution is 5.43. The first-order chi connectivity index (χ1) is 17.6. The molecule has 0 amide bonds. The van der Waals surface area contributed by atoms with E-state index in [2.05, 4.69) is 11.8 Å². The van der Waals surface area contributed by atoms with Gasteiger partial charge in [0, 0.05) is 32.8 Å². The molecule has 3 aromatic rings. The zero-order valence-corrected chi connectivity index (χ0v) is 21.1. The number of aryl methyl sites for hydroxylation is 1. The maximum absolute atomic E-state index is 13.6. The van der Waals surface area contributed by atoms with E-state index in [9.17, 15) is 9.50 Å². The third kappa shape index (κ3) is 6.91. The van der Waals surface area contributed by atoms with Crippen LogP contribution in [0.15, 0.2) is 54.6 Å². The molecular weight excluding hydrogens is 461 g/mol. The first-order valence-corrected chi connectivity index (χ1v) is 12.8. The Morgan fingerprint density at radius 1 is 1.17 bits per heavy atom. The molecule has 1 aromatic heterocycles. The number of hydrogen-bond donors (Lipinski definition) is 1. The van der Waals surface area contributed by atoms with Crippen LogP contribution in [0.2, 0.25) is 0 Å². The second-order valence-corrected chi connectivity index (χ2v) is 9.03. The average Bonchev–Trinajstić information content (AvgIpc) is 3.52. The van der Waals surface area contributed by atoms with Crippen LogP contribution in [0.3, 0.4) is 0 Å². The Balaban J connectivity index is 1.69. The normalized spacial score (nSPS) is 16.5. The largest absolute Gasteiger partial charge is 0.439 e. The monoisotopic (exact) mass is 497 g/mol. The first kappa shape index (κ1) is 26.3. The summed E-state index contributed by atoms with van der Waals surface area (Å²) in [5.74, 6) is 0.792. The van der Waals surface area contributed by atoms with Gasteiger partial charge in [-0.25, -0.2) is 9.07 Å². The summed E-state index contributed by atoms with van der Waals surface area (Å²) in [5, 5.41) is 15.5. The third-order valence-electron chi connectivity index (χ3n) is 6.23. The number of halogens is 1. The van der Waals surface area contributed by atoms with E-state index in [0.717, 1.165) is 36.4 Å². The molecule has 2 aromatic carbocycles. The van der Waals surface area contributed by atoms with Crippen LogP contribution in [0.5, 0.6) is 11.6 Å². The van der Waals surface area contributed by atoms with Crippen molar-refractivity contribution < 1.29 is 23.7 Å². The van der Waals surface area contributed by atoms with Crippen LogP contribution < -0.4 is 4.74 Å². The molecule has 0 saturated carbocycles. The number of ether oxygens (including phenoxy) is 3. The lowest BCUT2D eigenvalue weighted by Crippen LogP contribution is -2.39. The smallest absolute Gasteiger partial charge is 0.227 e. The van der Waals surface area contributed by atoms with E-state index in [1.165, 1.54) is 12.1 Å². The molecule has 1 saturated heterocycles. The van der Waals surface area contributed by atoms with Gasteiger partial charge in [0.05, 0.1) is 35.8 Å². The predicted octanol–water partition coefficient (Wildman–Crippen LogP) is 4.74. The van der Waals surface area contributed by atoms with E-state index >= 15 is 0 Å². The first-order valence-electron chi connectivity index (χ1n) is 12.8. The van der Waals surface area contributed by atoms with Crippen molar-refractivity contribution in [1.29, 1.82) is 0 Å². The van der Waals surface area contributed by atoms with E-state index in [-0.39, 0.29) is 18.5 Å². The van der Waals surface area contributed by atoms with Crippen LogP contribution in [-0.2, 0) is 22.4 Å². The van der Waals surface area contributed by atoms with Crippen molar-refractivity contribution in [2.45, 2.75) is 51.9 Å². The molecule has 1 fully saturated rings. The molecular formula is C28H36FN3O4. The molecule has 0 radical (unpaired) electrons. The number of nitrogens with zero attached hydrogens (tertiary/aromatic N) is 3. The van der Waals surface area contributed by atoms with Gasteiger partial charge in [-0.05, 0) is 62.6 Å². The highest BCUT2D eigenvalue weighted by Gasteiger charge is 2.26. The highest BCUT2D eigenvalue weighted by Crippen LogP contribution is 2.32. The van der Waals surface area contributed by atoms with Gasteiger partial charge < -0.3 is 19.3 Å². The minimum atomic E-state index is -0.623. The lowest BCUT2D eigenvalue weighted by Gasteiger charge is -2.27. The molecule has 0 aliphatic carbocycles. The minimum Gasteiger partial charge on any atom is -0.439 e. The standard InChI is InChI=1S/C28H36FN3O4/c1-3-27-26(19-31(17-23(33)20-34-4-2)18-25-11-8-16-35-25)28(36-24-14-12-21(29)13-15-24)32(30-27)22-9-6-5-7-10-22/h5-7,9-10,12-15,23,25,33H,3-4,8,11,16-20H2,1-2H3/t23-,25-/m0/s1. The predicted molar refractivity (Wildman–Crippen MR) is 136 cm³/mol. The third-order valence-corrected chi connectivity index (χ3v) is 6.23. The summed E-state index contributed by atoms with van der Waals surface area (Å²) in [4.78, 5) is 2.20. The van der Waals surface area contributed by atoms with E-state index in [4.69, 9.17) is 19.3 Å². The van der Waals surface area contributed by atoms with Gasteiger partial charge in [-0.2, -0.15) is 5.10 Å². The molecule has 8 heteroatoms. The van der Waals surface area contributed by atoms with E-state index < -0.39 is 6.10 Å². The summed E-state index contributed by atoms with van der Waals surface area (Å²) in [5.41, 5.74) is 2.72. The molecule has 2 atom stereocenters. The second-order valence-electron chi connectivity index (χ2n) is 9.03. The molecule has 7 nitrogen and oxygen atoms in total. The van der Waals surface area contributed by atoms with Crippen molar-refractivity contribution in [3.05, 3.63) is 71.7 Å². The fraction of sp³-hybridized carbons (Fsp3) is 0.464. The molecule has 0 bridgehead atoms. The van der Waals surface area contributed by atoms with Crippen molar-refractivity contribution in [1.82, 2.24) is 14.7 Å². The SMILES string of the molecule is CCOC[C@@H](O)CN(Cc1c(CC)nn(-c2ccccc2)c1Oc1ccc(F)cc1)C[C@@H]1CCCO1. The Morgan fingerprint density at radius 2 is 1.94 bits per heavy atom. The molecule has 1 aliphatic rings. The minimum absolute atomic E-state index is 0.125. The number of hydrogen-bond acceptors (Lipinski definition) is 6. The van der Waals surface area contributed by atoms with Gasteiger partial charge in [0.1, 0.15) is 11.6 Å². The van der Waals surface area contributed by atoms with Crippen LogP contribution in [0.1, 0.15) is 37.9 Å². The van der Waals surface area contributed by atoms with Gasteiger partial charge in [-0.15, -0.1) is 0 Å². The summed E-state index contributed by atoms with van der Waals surface area (Å²) in [6.07, 6.45) is 2.26. The molecule has 0 unspecified atom stereocenters. The van der Waals surface area contributed by atoms with Gasteiger partial charge in [0.2, 0.25) is 5.88 Å². The number of para-hydroxylation sites is 1. The van der Waals surface area contributed by atoms with Gasteiger partial charge in [-0.1, -0.05) is 25.1 Å². The lowest BCUT2D eigenvalue weighted by atomic mass is 10.1. The number of rotatable bonds is 13. The molecule has 4 rings (SSSR count). The van der Waals surface area contributed by atoms with Crippen molar-refractivity contribution in [3.63, 3.8) is 0 Å². The number of aliphatic hydroxyl groups excluding tert-OH is 1. The topological polar surface area (TPSA) is 69.0 Å². The molecule has 2 heterocycles. The molecule has 194 valence electrons.